The minimum absolute atomic E-state index is 0.287. The van der Waals surface area contributed by atoms with Gasteiger partial charge in [-0.15, -0.1) is 6.58 Å². The Morgan fingerprint density at radius 2 is 1.86 bits per heavy atom. The van der Waals surface area contributed by atoms with Crippen molar-refractivity contribution in [1.82, 2.24) is 0 Å². The average Bonchev–Trinajstić information content (AvgIpc) is 2.46. The van der Waals surface area contributed by atoms with Crippen LogP contribution in [0.3, 0.4) is 0 Å². The molecular formula is C19H30O2. The zero-order chi connectivity index (χ0) is 16.1. The molecule has 1 unspecified atom stereocenters. The standard InChI is InChI=1S/C10H18O.C9H12O/c1-5-10(4,11)8-6-7-9(2)3;10-8-4-7-9-5-2-1-3-6-9/h5,7,11H,1,6,8H2,2-4H3;1-3,5-6,10H,4,7-8H2. The van der Waals surface area contributed by atoms with Crippen molar-refractivity contribution in [2.75, 3.05) is 6.61 Å². The third kappa shape index (κ3) is 12.1. The Hall–Kier alpha value is -1.38. The van der Waals surface area contributed by atoms with E-state index in [0.717, 1.165) is 25.7 Å². The van der Waals surface area contributed by atoms with Gasteiger partial charge in [-0.1, -0.05) is 48.1 Å². The van der Waals surface area contributed by atoms with Gasteiger partial charge in [-0.2, -0.15) is 0 Å². The number of allylic oxidation sites excluding steroid dienone is 2. The molecule has 0 fully saturated rings. The molecule has 21 heavy (non-hydrogen) atoms. The largest absolute Gasteiger partial charge is 0.396 e. The first-order valence-electron chi connectivity index (χ1n) is 7.55. The minimum Gasteiger partial charge on any atom is -0.396 e. The van der Waals surface area contributed by atoms with Gasteiger partial charge in [-0.25, -0.2) is 0 Å². The van der Waals surface area contributed by atoms with Gasteiger partial charge in [-0.05, 0) is 52.0 Å². The summed E-state index contributed by atoms with van der Waals surface area (Å²) in [6.07, 6.45) is 7.23. The van der Waals surface area contributed by atoms with Crippen molar-refractivity contribution >= 4 is 0 Å². The fourth-order valence-electron chi connectivity index (χ4n) is 1.68. The Morgan fingerprint density at radius 1 is 1.24 bits per heavy atom. The number of hydrogen-bond donors (Lipinski definition) is 2. The second kappa shape index (κ2) is 11.3. The van der Waals surface area contributed by atoms with Gasteiger partial charge in [0.1, 0.15) is 0 Å². The maximum absolute atomic E-state index is 9.49. The summed E-state index contributed by atoms with van der Waals surface area (Å²) >= 11 is 0. The topological polar surface area (TPSA) is 40.5 Å². The van der Waals surface area contributed by atoms with Crippen LogP contribution in [0.25, 0.3) is 0 Å². The molecular weight excluding hydrogens is 260 g/mol. The van der Waals surface area contributed by atoms with Gasteiger partial charge < -0.3 is 10.2 Å². The predicted molar refractivity (Wildman–Crippen MR) is 91.3 cm³/mol. The maximum atomic E-state index is 9.49. The highest BCUT2D eigenvalue weighted by Crippen LogP contribution is 2.13. The minimum atomic E-state index is -0.702. The molecule has 2 nitrogen and oxygen atoms in total. The van der Waals surface area contributed by atoms with Gasteiger partial charge in [0.2, 0.25) is 0 Å². The van der Waals surface area contributed by atoms with Crippen molar-refractivity contribution in [2.45, 2.75) is 52.1 Å². The Kier molecular flexibility index (Phi) is 10.6. The third-order valence-corrected chi connectivity index (χ3v) is 3.11. The summed E-state index contributed by atoms with van der Waals surface area (Å²) in [5, 5.41) is 18.0. The molecule has 118 valence electrons. The van der Waals surface area contributed by atoms with E-state index >= 15 is 0 Å². The number of benzene rings is 1. The normalized spacial score (nSPS) is 12.6. The molecule has 1 atom stereocenters. The van der Waals surface area contributed by atoms with Crippen LogP contribution in [0.15, 0.2) is 54.6 Å². The van der Waals surface area contributed by atoms with E-state index < -0.39 is 5.60 Å². The molecule has 2 heteroatoms. The number of aliphatic hydroxyl groups is 2. The van der Waals surface area contributed by atoms with Gasteiger partial charge in [0.25, 0.3) is 0 Å². The third-order valence-electron chi connectivity index (χ3n) is 3.11. The van der Waals surface area contributed by atoms with E-state index in [2.05, 4.69) is 38.6 Å². The molecule has 0 spiro atoms. The summed E-state index contributed by atoms with van der Waals surface area (Å²) in [5.41, 5.74) is 1.90. The van der Waals surface area contributed by atoms with Crippen molar-refractivity contribution in [1.29, 1.82) is 0 Å². The molecule has 0 aliphatic heterocycles. The molecule has 0 saturated heterocycles. The molecule has 0 saturated carbocycles. The van der Waals surface area contributed by atoms with E-state index in [9.17, 15) is 5.11 Å². The van der Waals surface area contributed by atoms with Crippen LogP contribution in [0.2, 0.25) is 0 Å². The molecule has 0 bridgehead atoms. The van der Waals surface area contributed by atoms with Crippen LogP contribution in [0, 0.1) is 0 Å². The lowest BCUT2D eigenvalue weighted by atomic mass is 10.00. The van der Waals surface area contributed by atoms with E-state index in [-0.39, 0.29) is 6.61 Å². The lowest BCUT2D eigenvalue weighted by Gasteiger charge is -2.16. The zero-order valence-electron chi connectivity index (χ0n) is 13.7. The summed E-state index contributed by atoms with van der Waals surface area (Å²) < 4.78 is 0. The maximum Gasteiger partial charge on any atom is 0.0800 e. The first kappa shape index (κ1) is 19.6. The summed E-state index contributed by atoms with van der Waals surface area (Å²) in [4.78, 5) is 0. The molecule has 0 aromatic heterocycles. The molecule has 0 heterocycles. The van der Waals surface area contributed by atoms with Crippen LogP contribution in [-0.4, -0.2) is 22.4 Å². The van der Waals surface area contributed by atoms with Crippen LogP contribution >= 0.6 is 0 Å². The molecule has 0 aliphatic rings. The summed E-state index contributed by atoms with van der Waals surface area (Å²) in [7, 11) is 0. The highest BCUT2D eigenvalue weighted by Gasteiger charge is 2.12. The predicted octanol–water partition coefficient (Wildman–Crippen LogP) is 4.28. The van der Waals surface area contributed by atoms with E-state index in [4.69, 9.17) is 5.11 Å². The van der Waals surface area contributed by atoms with Gasteiger partial charge in [0.15, 0.2) is 0 Å². The highest BCUT2D eigenvalue weighted by molar-refractivity contribution is 5.14. The highest BCUT2D eigenvalue weighted by atomic mass is 16.3. The second-order valence-corrected chi connectivity index (χ2v) is 5.69. The van der Waals surface area contributed by atoms with E-state index in [1.54, 1.807) is 13.0 Å². The second-order valence-electron chi connectivity index (χ2n) is 5.69. The number of rotatable bonds is 7. The van der Waals surface area contributed by atoms with Gasteiger partial charge >= 0.3 is 0 Å². The summed E-state index contributed by atoms with van der Waals surface area (Å²) in [5.74, 6) is 0. The van der Waals surface area contributed by atoms with E-state index in [1.807, 2.05) is 18.2 Å². The monoisotopic (exact) mass is 290 g/mol. The van der Waals surface area contributed by atoms with E-state index in [1.165, 1.54) is 11.1 Å². The molecule has 0 radical (unpaired) electrons. The zero-order valence-corrected chi connectivity index (χ0v) is 13.7. The van der Waals surface area contributed by atoms with Crippen LogP contribution in [-0.2, 0) is 6.42 Å². The molecule has 0 amide bonds. The van der Waals surface area contributed by atoms with Crippen LogP contribution < -0.4 is 0 Å². The van der Waals surface area contributed by atoms with Crippen LogP contribution in [0.5, 0.6) is 0 Å². The smallest absolute Gasteiger partial charge is 0.0800 e. The molecule has 1 aromatic rings. The van der Waals surface area contributed by atoms with Crippen LogP contribution in [0.1, 0.15) is 45.6 Å². The first-order chi connectivity index (χ1) is 9.91. The SMILES string of the molecule is C=CC(C)(O)CCC=C(C)C.OCCCc1ccccc1. The van der Waals surface area contributed by atoms with Crippen molar-refractivity contribution in [2.24, 2.45) is 0 Å². The molecule has 0 aliphatic carbocycles. The number of aryl methyl sites for hydroxylation is 1. The quantitative estimate of drug-likeness (QED) is 0.736. The fourth-order valence-corrected chi connectivity index (χ4v) is 1.68. The Balaban J connectivity index is 0.000000382. The lowest BCUT2D eigenvalue weighted by Crippen LogP contribution is -2.19. The molecule has 2 N–H and O–H groups in total. The Morgan fingerprint density at radius 3 is 2.33 bits per heavy atom. The van der Waals surface area contributed by atoms with Crippen molar-refractivity contribution in [3.8, 4) is 0 Å². The fraction of sp³-hybridized carbons (Fsp3) is 0.474. The van der Waals surface area contributed by atoms with Gasteiger partial charge in [0, 0.05) is 6.61 Å². The summed E-state index contributed by atoms with van der Waals surface area (Å²) in [6, 6.07) is 10.2. The Bertz CT molecular complexity index is 401. The van der Waals surface area contributed by atoms with Crippen molar-refractivity contribution in [3.05, 3.63) is 60.2 Å². The number of hydrogen-bond acceptors (Lipinski definition) is 2. The molecule has 1 rings (SSSR count). The summed E-state index contributed by atoms with van der Waals surface area (Å²) in [6.45, 7) is 9.74. The molecule has 1 aromatic carbocycles. The lowest BCUT2D eigenvalue weighted by molar-refractivity contribution is 0.103. The van der Waals surface area contributed by atoms with Crippen LogP contribution in [0.4, 0.5) is 0 Å². The van der Waals surface area contributed by atoms with Crippen molar-refractivity contribution < 1.29 is 10.2 Å². The Labute approximate surface area is 129 Å². The van der Waals surface area contributed by atoms with Gasteiger partial charge in [-0.3, -0.25) is 0 Å². The number of aliphatic hydroxyl groups excluding tert-OH is 1. The first-order valence-corrected chi connectivity index (χ1v) is 7.55. The van der Waals surface area contributed by atoms with E-state index in [0.29, 0.717) is 0 Å². The average molecular weight is 290 g/mol. The van der Waals surface area contributed by atoms with Gasteiger partial charge in [0.05, 0.1) is 5.60 Å². The van der Waals surface area contributed by atoms with Crippen molar-refractivity contribution in [3.63, 3.8) is 0 Å².